The van der Waals surface area contributed by atoms with Gasteiger partial charge in [-0.2, -0.15) is 13.0 Å². The van der Waals surface area contributed by atoms with Crippen molar-refractivity contribution in [1.29, 1.82) is 0 Å². The minimum absolute atomic E-state index is 0.227. The van der Waals surface area contributed by atoms with Gasteiger partial charge in [-0.3, -0.25) is 8.86 Å². The molecule has 0 saturated carbocycles. The average Bonchev–Trinajstić information content (AvgIpc) is 3.72. The van der Waals surface area contributed by atoms with E-state index in [1.165, 1.54) is 26.8 Å². The lowest BCUT2D eigenvalue weighted by Crippen LogP contribution is -2.28. The SMILES string of the molecule is CCCCC[N+]1=C(/C=C/C2=C(N(C)S(=O)(=O)c3ccc(C)cc3)C(=C/C=C3/N(CCCCS(=O)(=O)O)c4ccccc4C3(C)C)/CC2)C(C)(C)c2ccccc21. The van der Waals surface area contributed by atoms with Crippen LogP contribution in [0.1, 0.15) is 96.3 Å². The summed E-state index contributed by atoms with van der Waals surface area (Å²) >= 11 is 0. The molecule has 10 heteroatoms. The maximum Gasteiger partial charge on any atom is 0.264 e. The zero-order valence-electron chi connectivity index (χ0n) is 34.0. The number of nitrogens with zero attached hydrogens (tertiary/aromatic N) is 3. The second-order valence-electron chi connectivity index (χ2n) is 16.4. The van der Waals surface area contributed by atoms with Crippen LogP contribution in [0.2, 0.25) is 0 Å². The summed E-state index contributed by atoms with van der Waals surface area (Å²) in [6.45, 7) is 14.6. The highest BCUT2D eigenvalue weighted by atomic mass is 32.2. The van der Waals surface area contributed by atoms with Crippen LogP contribution in [0.5, 0.6) is 0 Å². The van der Waals surface area contributed by atoms with Crippen LogP contribution in [-0.4, -0.2) is 61.9 Å². The molecule has 3 aromatic carbocycles. The summed E-state index contributed by atoms with van der Waals surface area (Å²) in [5.74, 6) is -0.278. The van der Waals surface area contributed by atoms with Crippen LogP contribution in [0.4, 0.5) is 11.4 Å². The smallest absolute Gasteiger partial charge is 0.264 e. The number of sulfonamides is 1. The normalized spacial score (nSPS) is 19.2. The van der Waals surface area contributed by atoms with Crippen LogP contribution in [0.25, 0.3) is 0 Å². The second-order valence-corrected chi connectivity index (χ2v) is 20.0. The Morgan fingerprint density at radius 1 is 0.804 bits per heavy atom. The third-order valence-corrected chi connectivity index (χ3v) is 14.3. The molecular weight excluding hydrogens is 739 g/mol. The third-order valence-electron chi connectivity index (χ3n) is 11.8. The first kappa shape index (κ1) is 41.4. The van der Waals surface area contributed by atoms with Crippen molar-refractivity contribution in [2.75, 3.05) is 30.8 Å². The number of likely N-dealkylation sites (N-methyl/N-ethyl adjacent to an activating group) is 1. The molecule has 0 spiro atoms. The minimum Gasteiger partial charge on any atom is -0.344 e. The van der Waals surface area contributed by atoms with Crippen molar-refractivity contribution in [3.8, 4) is 0 Å². The van der Waals surface area contributed by atoms with Crippen LogP contribution < -0.4 is 4.90 Å². The molecule has 2 heterocycles. The van der Waals surface area contributed by atoms with Gasteiger partial charge in [0.25, 0.3) is 20.1 Å². The molecule has 0 radical (unpaired) electrons. The van der Waals surface area contributed by atoms with Crippen molar-refractivity contribution in [1.82, 2.24) is 4.31 Å². The number of aryl methyl sites for hydroxylation is 1. The van der Waals surface area contributed by atoms with E-state index in [1.807, 2.05) is 31.2 Å². The first-order valence-corrected chi connectivity index (χ1v) is 23.0. The highest BCUT2D eigenvalue weighted by Gasteiger charge is 2.44. The number of fused-ring (bicyclic) bond motifs is 2. The topological polar surface area (TPSA) is 98.0 Å². The van der Waals surface area contributed by atoms with E-state index in [-0.39, 0.29) is 21.5 Å². The Balaban J connectivity index is 1.45. The number of allylic oxidation sites excluding steroid dienone is 7. The fourth-order valence-corrected chi connectivity index (χ4v) is 10.5. The summed E-state index contributed by atoms with van der Waals surface area (Å²) in [6.07, 6.45) is 14.2. The molecule has 0 saturated heterocycles. The molecule has 3 aromatic rings. The van der Waals surface area contributed by atoms with E-state index in [4.69, 9.17) is 0 Å². The van der Waals surface area contributed by atoms with Gasteiger partial charge in [0.1, 0.15) is 6.54 Å². The average molecular weight is 797 g/mol. The molecule has 3 aliphatic rings. The van der Waals surface area contributed by atoms with Crippen LogP contribution in [-0.2, 0) is 31.0 Å². The molecule has 0 aromatic heterocycles. The first-order valence-electron chi connectivity index (χ1n) is 19.9. The zero-order chi connectivity index (χ0) is 40.5. The number of anilines is 1. The Labute approximate surface area is 335 Å². The molecule has 0 unspecified atom stereocenters. The molecule has 56 heavy (non-hydrogen) atoms. The maximum absolute atomic E-state index is 14.4. The quantitative estimate of drug-likeness (QED) is 0.0935. The van der Waals surface area contributed by atoms with Gasteiger partial charge in [0.2, 0.25) is 5.69 Å². The molecule has 1 N–H and O–H groups in total. The van der Waals surface area contributed by atoms with Crippen LogP contribution in [0.15, 0.2) is 125 Å². The van der Waals surface area contributed by atoms with Crippen molar-refractivity contribution < 1.29 is 26.0 Å². The van der Waals surface area contributed by atoms with Gasteiger partial charge < -0.3 is 4.90 Å². The summed E-state index contributed by atoms with van der Waals surface area (Å²) in [6, 6.07) is 23.9. The third kappa shape index (κ3) is 8.25. The van der Waals surface area contributed by atoms with Gasteiger partial charge in [0, 0.05) is 54.5 Å². The number of para-hydroxylation sites is 2. The Morgan fingerprint density at radius 2 is 1.48 bits per heavy atom. The van der Waals surface area contributed by atoms with E-state index in [1.54, 1.807) is 19.2 Å². The molecule has 0 bridgehead atoms. The molecule has 1 aliphatic carbocycles. The summed E-state index contributed by atoms with van der Waals surface area (Å²) < 4.78 is 64.9. The van der Waals surface area contributed by atoms with E-state index in [0.717, 1.165) is 53.9 Å². The molecule has 0 atom stereocenters. The number of hydrogen-bond donors (Lipinski definition) is 1. The molecule has 298 valence electrons. The number of unbranched alkanes of at least 4 members (excludes halogenated alkanes) is 3. The van der Waals surface area contributed by atoms with Gasteiger partial charge in [0.15, 0.2) is 5.71 Å². The van der Waals surface area contributed by atoms with E-state index >= 15 is 0 Å². The van der Waals surface area contributed by atoms with Crippen molar-refractivity contribution in [3.63, 3.8) is 0 Å². The van der Waals surface area contributed by atoms with Gasteiger partial charge in [0.05, 0.1) is 21.8 Å². The molecule has 2 aliphatic heterocycles. The fourth-order valence-electron chi connectivity index (χ4n) is 8.63. The van der Waals surface area contributed by atoms with Crippen LogP contribution in [0.3, 0.4) is 0 Å². The largest absolute Gasteiger partial charge is 0.344 e. The highest BCUT2D eigenvalue weighted by Crippen LogP contribution is 2.48. The predicted octanol–water partition coefficient (Wildman–Crippen LogP) is 9.76. The zero-order valence-corrected chi connectivity index (χ0v) is 35.7. The van der Waals surface area contributed by atoms with Gasteiger partial charge in [-0.1, -0.05) is 93.4 Å². The molecule has 0 amide bonds. The van der Waals surface area contributed by atoms with Gasteiger partial charge in [-0.25, -0.2) is 8.42 Å². The lowest BCUT2D eigenvalue weighted by Gasteiger charge is -2.27. The Hall–Kier alpha value is -4.25. The lowest BCUT2D eigenvalue weighted by molar-refractivity contribution is -0.438. The number of rotatable bonds is 15. The minimum atomic E-state index is -4.04. The molecule has 8 nitrogen and oxygen atoms in total. The monoisotopic (exact) mass is 796 g/mol. The van der Waals surface area contributed by atoms with Crippen molar-refractivity contribution in [2.24, 2.45) is 0 Å². The summed E-state index contributed by atoms with van der Waals surface area (Å²) in [4.78, 5) is 2.49. The first-order chi connectivity index (χ1) is 26.5. The summed E-state index contributed by atoms with van der Waals surface area (Å²) in [7, 11) is -6.27. The van der Waals surface area contributed by atoms with Gasteiger partial charge in [-0.05, 0) is 93.9 Å². The summed E-state index contributed by atoms with van der Waals surface area (Å²) in [5, 5.41) is 0. The van der Waals surface area contributed by atoms with Gasteiger partial charge >= 0.3 is 0 Å². The number of hydrogen-bond acceptors (Lipinski definition) is 5. The Morgan fingerprint density at radius 3 is 2.18 bits per heavy atom. The van der Waals surface area contributed by atoms with E-state index < -0.39 is 20.1 Å². The standard InChI is InChI=1S/C46H57N3O5S2/c1-8-9-14-31-48-40-19-12-10-17-38(40)45(3,4)42(48)29-25-35-23-24-36(44(35)47(7)56(53,54)37-27-21-34(2)22-28-37)26-30-43-46(5,6)39-18-11-13-20-41(39)49(43)32-15-16-33-55(50,51)52/h10-13,17-22,25-30H,8-9,14-16,23-24,31-33H2,1-7H3/p+1. The van der Waals surface area contributed by atoms with E-state index in [2.05, 4.69) is 105 Å². The maximum atomic E-state index is 14.4. The predicted molar refractivity (Wildman–Crippen MR) is 229 cm³/mol. The van der Waals surface area contributed by atoms with Crippen LogP contribution >= 0.6 is 0 Å². The van der Waals surface area contributed by atoms with Crippen molar-refractivity contribution in [2.45, 2.75) is 102 Å². The van der Waals surface area contributed by atoms with Crippen molar-refractivity contribution >= 4 is 37.2 Å². The Bertz CT molecular complexity index is 2350. The number of benzene rings is 3. The highest BCUT2D eigenvalue weighted by molar-refractivity contribution is 7.89. The van der Waals surface area contributed by atoms with Crippen molar-refractivity contribution in [3.05, 3.63) is 136 Å². The van der Waals surface area contributed by atoms with Crippen LogP contribution in [0, 0.1) is 6.92 Å². The van der Waals surface area contributed by atoms with Gasteiger partial charge in [-0.15, -0.1) is 0 Å². The summed E-state index contributed by atoms with van der Waals surface area (Å²) in [5.41, 5.74) is 10.0. The van der Waals surface area contributed by atoms with E-state index in [9.17, 15) is 21.4 Å². The molecular formula is C46H58N3O5S2+. The lowest BCUT2D eigenvalue weighted by atomic mass is 9.81. The molecule has 6 rings (SSSR count). The fraction of sp³-hybridized carbons (Fsp3) is 0.413. The Kier molecular flexibility index (Phi) is 12.1. The van der Waals surface area contributed by atoms with E-state index in [0.29, 0.717) is 37.9 Å². The molecule has 0 fully saturated rings. The second kappa shape index (κ2) is 16.3.